The summed E-state index contributed by atoms with van der Waals surface area (Å²) in [5.41, 5.74) is 2.61. The second-order valence-corrected chi connectivity index (χ2v) is 9.18. The molecule has 2 aromatic carbocycles. The standard InChI is InChI=1S/C21H26FN5O2S/c1-30(28,29)26-18-7-8-21(22)20(13-18)16-9-11-27(12-10-16)15-19(25-23)14-24-17-5-3-2-4-6-17/h2-8,13-14,16,26H,9-12,15,23H2,1H3/p+1. The van der Waals surface area contributed by atoms with Gasteiger partial charge in [0.25, 0.3) is 0 Å². The van der Waals surface area contributed by atoms with Crippen LogP contribution in [0.4, 0.5) is 15.8 Å². The Bertz CT molecular complexity index is 1020. The van der Waals surface area contributed by atoms with E-state index < -0.39 is 10.0 Å². The Morgan fingerprint density at radius 2 is 1.97 bits per heavy atom. The summed E-state index contributed by atoms with van der Waals surface area (Å²) < 4.78 is 39.7. The normalized spacial score (nSPS) is 16.8. The minimum atomic E-state index is -3.40. The topological polar surface area (TPSA) is 102 Å². The molecule has 3 rings (SSSR count). The fourth-order valence-corrected chi connectivity index (χ4v) is 4.15. The molecular weight excluding hydrogens is 405 g/mol. The number of nitrogens with one attached hydrogen (secondary N) is 2. The number of hydrogen-bond acceptors (Lipinski definition) is 5. The van der Waals surface area contributed by atoms with Gasteiger partial charge < -0.3 is 5.84 Å². The Balaban J connectivity index is 1.59. The lowest BCUT2D eigenvalue weighted by atomic mass is 9.88. The van der Waals surface area contributed by atoms with Crippen LogP contribution >= 0.6 is 0 Å². The summed E-state index contributed by atoms with van der Waals surface area (Å²) in [7, 11) is -3.40. The molecule has 0 saturated carbocycles. The molecule has 30 heavy (non-hydrogen) atoms. The van der Waals surface area contributed by atoms with Gasteiger partial charge >= 0.3 is 0 Å². The number of piperidine rings is 1. The number of anilines is 1. The molecule has 1 fully saturated rings. The zero-order valence-corrected chi connectivity index (χ0v) is 17.7. The molecule has 0 bridgehead atoms. The Kier molecular flexibility index (Phi) is 7.17. The van der Waals surface area contributed by atoms with Gasteiger partial charge in [0.15, 0.2) is 6.21 Å². The van der Waals surface area contributed by atoms with Gasteiger partial charge in [-0.1, -0.05) is 18.2 Å². The van der Waals surface area contributed by atoms with E-state index in [2.05, 4.69) is 19.7 Å². The second-order valence-electron chi connectivity index (χ2n) is 7.44. The highest BCUT2D eigenvalue weighted by Gasteiger charge is 2.24. The number of benzene rings is 2. The summed E-state index contributed by atoms with van der Waals surface area (Å²) in [5, 5.41) is 3.87. The van der Waals surface area contributed by atoms with Crippen LogP contribution in [0, 0.1) is 5.82 Å². The molecule has 0 unspecified atom stereocenters. The highest BCUT2D eigenvalue weighted by Crippen LogP contribution is 2.31. The molecule has 0 spiro atoms. The molecule has 1 aliphatic heterocycles. The first kappa shape index (κ1) is 21.9. The van der Waals surface area contributed by atoms with Gasteiger partial charge in [0.1, 0.15) is 11.5 Å². The number of para-hydroxylation sites is 1. The number of sulfonamides is 1. The average molecular weight is 433 g/mol. The zero-order valence-electron chi connectivity index (χ0n) is 16.9. The first-order valence-corrected chi connectivity index (χ1v) is 11.6. The van der Waals surface area contributed by atoms with Gasteiger partial charge in [-0.3, -0.25) is 9.62 Å². The van der Waals surface area contributed by atoms with E-state index in [1.165, 1.54) is 12.1 Å². The number of nitrogens with zero attached hydrogens (tertiary/aromatic N) is 2. The van der Waals surface area contributed by atoms with E-state index in [0.29, 0.717) is 17.8 Å². The van der Waals surface area contributed by atoms with Crippen molar-refractivity contribution in [1.29, 1.82) is 0 Å². The van der Waals surface area contributed by atoms with Crippen LogP contribution in [0.1, 0.15) is 24.3 Å². The summed E-state index contributed by atoms with van der Waals surface area (Å²) in [4.78, 5) is 5.41. The molecule has 160 valence electrons. The van der Waals surface area contributed by atoms with Gasteiger partial charge in [-0.05, 0) is 55.6 Å². The van der Waals surface area contributed by atoms with Crippen molar-refractivity contribution in [1.82, 2.24) is 4.90 Å². The van der Waals surface area contributed by atoms with E-state index in [1.54, 1.807) is 12.3 Å². The van der Waals surface area contributed by atoms with E-state index in [1.807, 2.05) is 30.3 Å². The Morgan fingerprint density at radius 1 is 1.27 bits per heavy atom. The van der Waals surface area contributed by atoms with E-state index in [0.717, 1.165) is 43.6 Å². The van der Waals surface area contributed by atoms with Crippen LogP contribution in [-0.4, -0.2) is 51.1 Å². The van der Waals surface area contributed by atoms with Crippen molar-refractivity contribution in [3.8, 4) is 0 Å². The van der Waals surface area contributed by atoms with Crippen LogP contribution in [0.15, 0.2) is 53.6 Å². The summed E-state index contributed by atoms with van der Waals surface area (Å²) >= 11 is 0. The lowest BCUT2D eigenvalue weighted by Crippen LogP contribution is -2.63. The third kappa shape index (κ3) is 6.36. The average Bonchev–Trinajstić information content (AvgIpc) is 2.73. The monoisotopic (exact) mass is 432 g/mol. The van der Waals surface area contributed by atoms with Crippen LogP contribution < -0.4 is 15.6 Å². The molecule has 1 aliphatic rings. The molecule has 9 heteroatoms. The maximum atomic E-state index is 14.4. The number of nitrogens with two attached hydrogens (primary N) is 1. The molecule has 0 aromatic heterocycles. The smallest absolute Gasteiger partial charge is 0.229 e. The quantitative estimate of drug-likeness (QED) is 0.347. The highest BCUT2D eigenvalue weighted by molar-refractivity contribution is 7.92. The fourth-order valence-electron chi connectivity index (χ4n) is 3.59. The van der Waals surface area contributed by atoms with E-state index in [-0.39, 0.29) is 11.7 Å². The Morgan fingerprint density at radius 3 is 2.60 bits per heavy atom. The minimum Gasteiger partial charge on any atom is -0.323 e. The summed E-state index contributed by atoms with van der Waals surface area (Å²) in [6, 6.07) is 14.1. The van der Waals surface area contributed by atoms with Crippen LogP contribution in [-0.2, 0) is 10.0 Å². The number of likely N-dealkylation sites (tertiary alicyclic amines) is 1. The summed E-state index contributed by atoms with van der Waals surface area (Å²) in [6.07, 6.45) is 4.41. The first-order valence-electron chi connectivity index (χ1n) is 9.75. The van der Waals surface area contributed by atoms with E-state index >= 15 is 0 Å². The maximum Gasteiger partial charge on any atom is 0.229 e. The first-order chi connectivity index (χ1) is 14.3. The molecule has 4 N–H and O–H groups in total. The van der Waals surface area contributed by atoms with Gasteiger partial charge in [-0.15, -0.1) is 0 Å². The molecule has 1 saturated heterocycles. The maximum absolute atomic E-state index is 14.4. The molecule has 7 nitrogen and oxygen atoms in total. The van der Waals surface area contributed by atoms with Crippen LogP contribution in [0.5, 0.6) is 0 Å². The van der Waals surface area contributed by atoms with Crippen molar-refractivity contribution in [3.63, 3.8) is 0 Å². The highest BCUT2D eigenvalue weighted by atomic mass is 32.2. The lowest BCUT2D eigenvalue weighted by Gasteiger charge is -2.32. The predicted molar refractivity (Wildman–Crippen MR) is 118 cm³/mol. The van der Waals surface area contributed by atoms with Gasteiger partial charge in [-0.2, -0.15) is 5.10 Å². The van der Waals surface area contributed by atoms with Crippen molar-refractivity contribution in [2.75, 3.05) is 30.6 Å². The number of hydrazone groups is 1. The molecule has 1 heterocycles. The third-order valence-corrected chi connectivity index (χ3v) is 5.66. The van der Waals surface area contributed by atoms with Crippen LogP contribution in [0.3, 0.4) is 0 Å². The van der Waals surface area contributed by atoms with Crippen molar-refractivity contribution < 1.29 is 17.8 Å². The minimum absolute atomic E-state index is 0.0345. The van der Waals surface area contributed by atoms with Gasteiger partial charge in [0.05, 0.1) is 6.26 Å². The van der Waals surface area contributed by atoms with E-state index in [4.69, 9.17) is 5.84 Å². The number of hydrogen-bond donors (Lipinski definition) is 3. The molecule has 0 atom stereocenters. The van der Waals surface area contributed by atoms with E-state index in [9.17, 15) is 12.8 Å². The molecule has 0 radical (unpaired) electrons. The zero-order chi connectivity index (χ0) is 21.6. The lowest BCUT2D eigenvalue weighted by molar-refractivity contribution is -0.345. The van der Waals surface area contributed by atoms with Crippen molar-refractivity contribution in [3.05, 3.63) is 59.9 Å². The van der Waals surface area contributed by atoms with Crippen molar-refractivity contribution in [2.45, 2.75) is 18.8 Å². The summed E-state index contributed by atoms with van der Waals surface area (Å²) in [5.74, 6) is 5.27. The van der Waals surface area contributed by atoms with Crippen LogP contribution in [0.2, 0.25) is 0 Å². The number of rotatable bonds is 7. The van der Waals surface area contributed by atoms with Gasteiger partial charge in [-0.25, -0.2) is 17.8 Å². The predicted octanol–water partition coefficient (Wildman–Crippen LogP) is 1.17. The van der Waals surface area contributed by atoms with Gasteiger partial charge in [0, 0.05) is 24.4 Å². The third-order valence-electron chi connectivity index (χ3n) is 5.06. The molecule has 0 amide bonds. The molecule has 0 aliphatic carbocycles. The number of halogens is 1. The summed E-state index contributed by atoms with van der Waals surface area (Å²) in [6.45, 7) is 2.14. The molecular formula is C21H27FN5O2S+. The van der Waals surface area contributed by atoms with Gasteiger partial charge in [0.2, 0.25) is 15.7 Å². The largest absolute Gasteiger partial charge is 0.323 e. The SMILES string of the molecule is CS(=O)(=O)Nc1ccc(F)c(C2CCN(CC(C=[NH+]c3ccccc3)=NN)CC2)c1. The Hall–Kier alpha value is -2.78. The van der Waals surface area contributed by atoms with Crippen molar-refractivity contribution >= 4 is 33.3 Å². The molecule has 2 aromatic rings. The Labute approximate surface area is 176 Å². The fraction of sp³-hybridized carbons (Fsp3) is 0.333. The second kappa shape index (κ2) is 9.82. The van der Waals surface area contributed by atoms with Crippen LogP contribution in [0.25, 0.3) is 0 Å². The van der Waals surface area contributed by atoms with Crippen molar-refractivity contribution in [2.24, 2.45) is 10.9 Å².